The number of carbonyl (C=O) groups is 1. The Labute approximate surface area is 193 Å². The first-order chi connectivity index (χ1) is 15.6. The van der Waals surface area contributed by atoms with Crippen molar-refractivity contribution in [3.63, 3.8) is 0 Å². The molecule has 0 unspecified atom stereocenters. The van der Waals surface area contributed by atoms with Gasteiger partial charge < -0.3 is 4.90 Å². The Morgan fingerprint density at radius 2 is 1.78 bits per heavy atom. The van der Waals surface area contributed by atoms with Crippen LogP contribution in [0.5, 0.6) is 0 Å². The van der Waals surface area contributed by atoms with Crippen LogP contribution in [0.15, 0.2) is 76.9 Å². The minimum Gasteiger partial charge on any atom is -0.378 e. The number of amides is 1. The van der Waals surface area contributed by atoms with Gasteiger partial charge in [0, 0.05) is 19.8 Å². The number of hydrogen-bond acceptors (Lipinski definition) is 5. The van der Waals surface area contributed by atoms with Crippen molar-refractivity contribution in [1.82, 2.24) is 4.90 Å². The molecule has 0 bridgehead atoms. The van der Waals surface area contributed by atoms with Crippen molar-refractivity contribution in [2.24, 2.45) is 10.2 Å². The number of rotatable bonds is 7. The molecule has 4 rings (SSSR count). The number of fused-ring (bicyclic) bond motifs is 1. The van der Waals surface area contributed by atoms with E-state index in [1.54, 1.807) is 11.1 Å². The van der Waals surface area contributed by atoms with Crippen LogP contribution in [0.2, 0.25) is 0 Å². The zero-order chi connectivity index (χ0) is 22.5. The molecule has 1 heterocycles. The van der Waals surface area contributed by atoms with Crippen molar-refractivity contribution in [3.05, 3.63) is 77.9 Å². The molecule has 5 nitrogen and oxygen atoms in total. The van der Waals surface area contributed by atoms with Gasteiger partial charge in [0.25, 0.3) is 0 Å². The normalized spacial score (nSPS) is 17.7. The van der Waals surface area contributed by atoms with Crippen LogP contribution in [0.3, 0.4) is 0 Å². The summed E-state index contributed by atoms with van der Waals surface area (Å²) in [5, 5.41) is 11.7. The summed E-state index contributed by atoms with van der Waals surface area (Å²) in [6, 6.07) is 22.6. The van der Waals surface area contributed by atoms with E-state index >= 15 is 0 Å². The van der Waals surface area contributed by atoms with Crippen LogP contribution >= 0.6 is 11.8 Å². The molecular formula is C26H28N4OS. The van der Waals surface area contributed by atoms with Crippen LogP contribution in [-0.2, 0) is 11.3 Å². The van der Waals surface area contributed by atoms with E-state index in [4.69, 9.17) is 0 Å². The Bertz CT molecular complexity index is 1150. The highest BCUT2D eigenvalue weighted by molar-refractivity contribution is 8.15. The number of nitrogens with zero attached hydrogens (tertiary/aromatic N) is 4. The number of anilines is 1. The van der Waals surface area contributed by atoms with Gasteiger partial charge in [0.15, 0.2) is 5.17 Å². The fraction of sp³-hybridized carbons (Fsp3) is 0.269. The smallest absolute Gasteiger partial charge is 0.242 e. The Morgan fingerprint density at radius 1 is 1.03 bits per heavy atom. The first-order valence-corrected chi connectivity index (χ1v) is 11.8. The van der Waals surface area contributed by atoms with Gasteiger partial charge in [-0.25, -0.2) is 0 Å². The van der Waals surface area contributed by atoms with Crippen molar-refractivity contribution in [2.75, 3.05) is 19.0 Å². The number of hydrogen-bond donors (Lipinski definition) is 0. The van der Waals surface area contributed by atoms with Crippen LogP contribution in [-0.4, -0.2) is 41.5 Å². The predicted molar refractivity (Wildman–Crippen MR) is 137 cm³/mol. The van der Waals surface area contributed by atoms with Gasteiger partial charge in [-0.15, -0.1) is 5.10 Å². The zero-order valence-electron chi connectivity index (χ0n) is 18.7. The van der Waals surface area contributed by atoms with Crippen molar-refractivity contribution in [1.29, 1.82) is 0 Å². The van der Waals surface area contributed by atoms with Crippen molar-refractivity contribution in [2.45, 2.75) is 31.6 Å². The third-order valence-electron chi connectivity index (χ3n) is 5.54. The van der Waals surface area contributed by atoms with E-state index in [9.17, 15) is 4.79 Å². The second-order valence-corrected chi connectivity index (χ2v) is 9.24. The topological polar surface area (TPSA) is 48.3 Å². The molecule has 0 aromatic heterocycles. The summed E-state index contributed by atoms with van der Waals surface area (Å²) >= 11 is 1.52. The lowest BCUT2D eigenvalue weighted by Gasteiger charge is -2.17. The summed E-state index contributed by atoms with van der Waals surface area (Å²) in [5.41, 5.74) is 3.22. The van der Waals surface area contributed by atoms with Gasteiger partial charge in [-0.05, 0) is 40.5 Å². The number of thioether (sulfide) groups is 1. The molecule has 0 aliphatic carbocycles. The van der Waals surface area contributed by atoms with Crippen LogP contribution in [0.4, 0.5) is 5.69 Å². The third-order valence-corrected chi connectivity index (χ3v) is 6.77. The molecule has 0 N–H and O–H groups in total. The van der Waals surface area contributed by atoms with Crippen LogP contribution in [0.1, 0.15) is 30.9 Å². The highest BCUT2D eigenvalue weighted by atomic mass is 32.2. The van der Waals surface area contributed by atoms with E-state index in [-0.39, 0.29) is 11.2 Å². The van der Waals surface area contributed by atoms with E-state index in [1.807, 2.05) is 56.6 Å². The van der Waals surface area contributed by atoms with Gasteiger partial charge in [0.05, 0.1) is 18.0 Å². The Balaban J connectivity index is 1.59. The summed E-state index contributed by atoms with van der Waals surface area (Å²) in [6.07, 6.45) is 3.53. The van der Waals surface area contributed by atoms with Gasteiger partial charge in [-0.3, -0.25) is 9.69 Å². The average Bonchev–Trinajstić information content (AvgIpc) is 3.09. The van der Waals surface area contributed by atoms with E-state index in [0.717, 1.165) is 35.0 Å². The molecule has 32 heavy (non-hydrogen) atoms. The summed E-state index contributed by atoms with van der Waals surface area (Å²) in [7, 11) is 4.03. The minimum absolute atomic E-state index is 0.0942. The molecule has 0 spiro atoms. The molecule has 3 aromatic rings. The van der Waals surface area contributed by atoms with Crippen LogP contribution < -0.4 is 4.90 Å². The summed E-state index contributed by atoms with van der Waals surface area (Å²) in [6.45, 7) is 2.60. The van der Waals surface area contributed by atoms with E-state index < -0.39 is 0 Å². The maximum Gasteiger partial charge on any atom is 0.242 e. The van der Waals surface area contributed by atoms with Crippen molar-refractivity contribution >= 4 is 45.5 Å². The van der Waals surface area contributed by atoms with Gasteiger partial charge in [-0.1, -0.05) is 79.7 Å². The fourth-order valence-electron chi connectivity index (χ4n) is 3.78. The van der Waals surface area contributed by atoms with E-state index in [0.29, 0.717) is 11.7 Å². The maximum absolute atomic E-state index is 13.1. The molecule has 1 amide bonds. The first-order valence-electron chi connectivity index (χ1n) is 10.9. The Kier molecular flexibility index (Phi) is 6.90. The molecule has 3 aromatic carbocycles. The summed E-state index contributed by atoms with van der Waals surface area (Å²) < 4.78 is 0. The van der Waals surface area contributed by atoms with Crippen molar-refractivity contribution < 1.29 is 4.79 Å². The molecule has 1 atom stereocenters. The second-order valence-electron chi connectivity index (χ2n) is 8.07. The molecule has 0 radical (unpaired) electrons. The van der Waals surface area contributed by atoms with Gasteiger partial charge >= 0.3 is 0 Å². The maximum atomic E-state index is 13.1. The predicted octanol–water partition coefficient (Wildman–Crippen LogP) is 5.54. The number of benzene rings is 3. The lowest BCUT2D eigenvalue weighted by molar-refractivity contribution is -0.126. The van der Waals surface area contributed by atoms with Crippen LogP contribution in [0, 0.1) is 0 Å². The quantitative estimate of drug-likeness (QED) is 0.355. The van der Waals surface area contributed by atoms with Crippen LogP contribution in [0.25, 0.3) is 10.8 Å². The lowest BCUT2D eigenvalue weighted by atomic mass is 10.0. The number of carbonyl (C=O) groups excluding carboxylic acids is 1. The van der Waals surface area contributed by atoms with E-state index in [2.05, 4.69) is 46.3 Å². The largest absolute Gasteiger partial charge is 0.378 e. The highest BCUT2D eigenvalue weighted by Crippen LogP contribution is 2.32. The van der Waals surface area contributed by atoms with Crippen molar-refractivity contribution in [3.8, 4) is 0 Å². The van der Waals surface area contributed by atoms with Gasteiger partial charge in [-0.2, -0.15) is 5.10 Å². The first kappa shape index (κ1) is 22.1. The highest BCUT2D eigenvalue weighted by Gasteiger charge is 2.37. The summed E-state index contributed by atoms with van der Waals surface area (Å²) in [5.74, 6) is 0.120. The third kappa shape index (κ3) is 4.86. The Morgan fingerprint density at radius 3 is 2.53 bits per heavy atom. The standard InChI is InChI=1S/C26H28N4OS/c1-4-8-24-25(31)30(18-21-11-7-10-20-9-5-6-12-23(20)21)26(32-24)28-27-17-19-13-15-22(16-14-19)29(2)3/h5-7,9-17,24H,4,8,18H2,1-3H3/b27-17-,28-26+/t24-/m0/s1. The zero-order valence-corrected chi connectivity index (χ0v) is 19.5. The SMILES string of the molecule is CCC[C@@H]1S/C(=N/N=C\c2ccc(N(C)C)cc2)N(Cc2cccc3ccccc23)C1=O. The Hall–Kier alpha value is -3.12. The van der Waals surface area contributed by atoms with E-state index in [1.165, 1.54) is 17.1 Å². The molecule has 1 fully saturated rings. The average molecular weight is 445 g/mol. The fourth-order valence-corrected chi connectivity index (χ4v) is 4.99. The molecule has 6 heteroatoms. The second kappa shape index (κ2) is 10.0. The molecule has 0 saturated carbocycles. The van der Waals surface area contributed by atoms with Gasteiger partial charge in [0.2, 0.25) is 5.91 Å². The molecule has 1 aliphatic rings. The summed E-state index contributed by atoms with van der Waals surface area (Å²) in [4.78, 5) is 17.0. The molecular weight excluding hydrogens is 416 g/mol. The lowest BCUT2D eigenvalue weighted by Crippen LogP contribution is -2.31. The molecule has 1 saturated heterocycles. The molecule has 1 aliphatic heterocycles. The van der Waals surface area contributed by atoms with Gasteiger partial charge in [0.1, 0.15) is 0 Å². The number of amidine groups is 1. The monoisotopic (exact) mass is 444 g/mol. The minimum atomic E-state index is -0.0942. The molecule has 164 valence electrons.